The predicted molar refractivity (Wildman–Crippen MR) is 80.8 cm³/mol. The molecule has 1 aliphatic heterocycles. The van der Waals surface area contributed by atoms with Gasteiger partial charge < -0.3 is 9.42 Å². The van der Waals surface area contributed by atoms with Gasteiger partial charge in [0.25, 0.3) is 0 Å². The number of hydrogen-bond donors (Lipinski definition) is 0. The number of rotatable bonds is 4. The third-order valence-corrected chi connectivity index (χ3v) is 4.71. The quantitative estimate of drug-likeness (QED) is 0.867. The van der Waals surface area contributed by atoms with Gasteiger partial charge >= 0.3 is 0 Å². The van der Waals surface area contributed by atoms with Crippen LogP contribution in [0.15, 0.2) is 28.8 Å². The average Bonchev–Trinajstić information content (AvgIpc) is 3.22. The molecule has 2 aromatic rings. The van der Waals surface area contributed by atoms with Gasteiger partial charge in [-0.25, -0.2) is 4.39 Å². The van der Waals surface area contributed by atoms with Crippen molar-refractivity contribution < 1.29 is 8.91 Å². The number of hydrogen-bond acceptors (Lipinski definition) is 4. The smallest absolute Gasteiger partial charge is 0.230 e. The van der Waals surface area contributed by atoms with Crippen LogP contribution in [-0.4, -0.2) is 34.7 Å². The van der Waals surface area contributed by atoms with Crippen molar-refractivity contribution >= 4 is 0 Å². The Labute approximate surface area is 129 Å². The van der Waals surface area contributed by atoms with Gasteiger partial charge in [0, 0.05) is 12.5 Å². The Hall–Kier alpha value is -1.75. The minimum atomic E-state index is -0.311. The lowest BCUT2D eigenvalue weighted by molar-refractivity contribution is 0.188. The van der Waals surface area contributed by atoms with Gasteiger partial charge in [0.15, 0.2) is 0 Å². The Kier molecular flexibility index (Phi) is 3.66. The molecule has 0 atom stereocenters. The number of aromatic nitrogens is 2. The molecule has 2 aliphatic rings. The molecule has 4 rings (SSSR count). The first-order valence-electron chi connectivity index (χ1n) is 8.10. The molecular formula is C17H20FN3O. The minimum absolute atomic E-state index is 0.309. The van der Waals surface area contributed by atoms with Gasteiger partial charge in [-0.1, -0.05) is 17.3 Å². The molecule has 0 amide bonds. The van der Waals surface area contributed by atoms with Crippen molar-refractivity contribution in [1.29, 1.82) is 0 Å². The maximum atomic E-state index is 13.8. The summed E-state index contributed by atoms with van der Waals surface area (Å²) < 4.78 is 19.2. The van der Waals surface area contributed by atoms with Crippen LogP contribution in [-0.2, 0) is 0 Å². The third-order valence-electron chi connectivity index (χ3n) is 4.71. The second-order valence-electron chi connectivity index (χ2n) is 6.45. The highest BCUT2D eigenvalue weighted by Gasteiger charge is 2.29. The van der Waals surface area contributed by atoms with Crippen LogP contribution < -0.4 is 0 Å². The zero-order chi connectivity index (χ0) is 14.9. The molecule has 4 nitrogen and oxygen atoms in total. The van der Waals surface area contributed by atoms with E-state index < -0.39 is 0 Å². The molecule has 1 saturated heterocycles. The first-order chi connectivity index (χ1) is 10.8. The van der Waals surface area contributed by atoms with Crippen LogP contribution in [0.25, 0.3) is 11.4 Å². The zero-order valence-electron chi connectivity index (χ0n) is 12.5. The molecule has 1 aromatic carbocycles. The highest BCUT2D eigenvalue weighted by Crippen LogP contribution is 2.33. The lowest BCUT2D eigenvalue weighted by Crippen LogP contribution is -2.34. The third kappa shape index (κ3) is 2.90. The number of piperidine rings is 1. The molecule has 5 heteroatoms. The van der Waals surface area contributed by atoms with Gasteiger partial charge in [-0.2, -0.15) is 4.98 Å². The molecule has 2 fully saturated rings. The molecule has 1 aliphatic carbocycles. The number of benzene rings is 1. The van der Waals surface area contributed by atoms with E-state index in [1.807, 2.05) is 0 Å². The Morgan fingerprint density at radius 1 is 1.14 bits per heavy atom. The maximum absolute atomic E-state index is 13.8. The zero-order valence-corrected chi connectivity index (χ0v) is 12.5. The summed E-state index contributed by atoms with van der Waals surface area (Å²) in [5, 5.41) is 3.96. The topological polar surface area (TPSA) is 42.2 Å². The van der Waals surface area contributed by atoms with E-state index in [9.17, 15) is 4.39 Å². The fourth-order valence-corrected chi connectivity index (χ4v) is 3.18. The van der Waals surface area contributed by atoms with Crippen molar-refractivity contribution in [3.05, 3.63) is 36.0 Å². The normalized spacial score (nSPS) is 20.4. The van der Waals surface area contributed by atoms with E-state index in [-0.39, 0.29) is 5.82 Å². The van der Waals surface area contributed by atoms with Gasteiger partial charge in [-0.15, -0.1) is 0 Å². The van der Waals surface area contributed by atoms with E-state index in [1.54, 1.807) is 18.2 Å². The number of nitrogens with zero attached hydrogens (tertiary/aromatic N) is 3. The molecule has 2 heterocycles. The highest BCUT2D eigenvalue weighted by atomic mass is 19.1. The monoisotopic (exact) mass is 301 g/mol. The summed E-state index contributed by atoms with van der Waals surface area (Å²) in [5.74, 6) is 1.95. The van der Waals surface area contributed by atoms with Gasteiger partial charge in [-0.3, -0.25) is 0 Å². The predicted octanol–water partition coefficient (Wildman–Crippen LogP) is 3.47. The van der Waals surface area contributed by atoms with E-state index in [0.29, 0.717) is 23.2 Å². The lowest BCUT2D eigenvalue weighted by Gasteiger charge is -2.30. The van der Waals surface area contributed by atoms with Gasteiger partial charge in [0.05, 0.1) is 5.56 Å². The molecule has 0 unspecified atom stereocenters. The SMILES string of the molecule is Fc1ccccc1-c1noc(C2CCN(CC3CC3)CC2)n1. The van der Waals surface area contributed by atoms with E-state index in [4.69, 9.17) is 4.52 Å². The fourth-order valence-electron chi connectivity index (χ4n) is 3.18. The lowest BCUT2D eigenvalue weighted by atomic mass is 9.96. The van der Waals surface area contributed by atoms with Gasteiger partial charge in [0.1, 0.15) is 5.82 Å². The Morgan fingerprint density at radius 3 is 2.64 bits per heavy atom. The second-order valence-corrected chi connectivity index (χ2v) is 6.45. The van der Waals surface area contributed by atoms with Crippen molar-refractivity contribution in [2.45, 2.75) is 31.6 Å². The van der Waals surface area contributed by atoms with Crippen LogP contribution in [0.1, 0.15) is 37.5 Å². The van der Waals surface area contributed by atoms with Crippen molar-refractivity contribution in [1.82, 2.24) is 15.0 Å². The minimum Gasteiger partial charge on any atom is -0.339 e. The van der Waals surface area contributed by atoms with Crippen LogP contribution in [0.5, 0.6) is 0 Å². The molecule has 22 heavy (non-hydrogen) atoms. The molecule has 0 radical (unpaired) electrons. The summed E-state index contributed by atoms with van der Waals surface area (Å²) in [6, 6.07) is 6.55. The summed E-state index contributed by atoms with van der Waals surface area (Å²) >= 11 is 0. The summed E-state index contributed by atoms with van der Waals surface area (Å²) in [7, 11) is 0. The van der Waals surface area contributed by atoms with E-state index in [2.05, 4.69) is 15.0 Å². The Balaban J connectivity index is 1.42. The van der Waals surface area contributed by atoms with Crippen molar-refractivity contribution in [3.8, 4) is 11.4 Å². The highest BCUT2D eigenvalue weighted by molar-refractivity contribution is 5.54. The first-order valence-corrected chi connectivity index (χ1v) is 8.10. The van der Waals surface area contributed by atoms with Gasteiger partial charge in [-0.05, 0) is 56.8 Å². The Bertz CT molecular complexity index is 645. The van der Waals surface area contributed by atoms with E-state index in [1.165, 1.54) is 25.5 Å². The largest absolute Gasteiger partial charge is 0.339 e. The van der Waals surface area contributed by atoms with Crippen LogP contribution in [0.2, 0.25) is 0 Å². The van der Waals surface area contributed by atoms with E-state index >= 15 is 0 Å². The van der Waals surface area contributed by atoms with Crippen LogP contribution in [0.3, 0.4) is 0 Å². The molecule has 0 N–H and O–H groups in total. The summed E-state index contributed by atoms with van der Waals surface area (Å²) in [4.78, 5) is 6.97. The van der Waals surface area contributed by atoms with Crippen LogP contribution in [0, 0.1) is 11.7 Å². The molecule has 0 bridgehead atoms. The first kappa shape index (κ1) is 13.9. The molecule has 1 aromatic heterocycles. The summed E-state index contributed by atoms with van der Waals surface area (Å²) in [6.07, 6.45) is 4.89. The molecule has 0 spiro atoms. The van der Waals surface area contributed by atoms with Crippen molar-refractivity contribution in [3.63, 3.8) is 0 Å². The molecule has 116 valence electrons. The van der Waals surface area contributed by atoms with Gasteiger partial charge in [0.2, 0.25) is 11.7 Å². The second kappa shape index (κ2) is 5.80. The van der Waals surface area contributed by atoms with Crippen molar-refractivity contribution in [2.75, 3.05) is 19.6 Å². The maximum Gasteiger partial charge on any atom is 0.230 e. The van der Waals surface area contributed by atoms with Crippen LogP contribution in [0.4, 0.5) is 4.39 Å². The van der Waals surface area contributed by atoms with Crippen molar-refractivity contribution in [2.24, 2.45) is 5.92 Å². The van der Waals surface area contributed by atoms with E-state index in [0.717, 1.165) is 31.8 Å². The standard InChI is InChI=1S/C17H20FN3O/c18-15-4-2-1-3-14(15)16-19-17(22-20-16)13-7-9-21(10-8-13)11-12-5-6-12/h1-4,12-13H,5-11H2. The fraction of sp³-hybridized carbons (Fsp3) is 0.529. The summed E-state index contributed by atoms with van der Waals surface area (Å²) in [5.41, 5.74) is 0.406. The average molecular weight is 301 g/mol. The van der Waals surface area contributed by atoms with Crippen LogP contribution >= 0.6 is 0 Å². The number of halogens is 1. The Morgan fingerprint density at radius 2 is 1.91 bits per heavy atom. The summed E-state index contributed by atoms with van der Waals surface area (Å²) in [6.45, 7) is 3.44. The number of likely N-dealkylation sites (tertiary alicyclic amines) is 1. The molecule has 1 saturated carbocycles. The molecular weight excluding hydrogens is 281 g/mol.